The Balaban J connectivity index is 2.53. The van der Waals surface area contributed by atoms with E-state index in [1.54, 1.807) is 6.20 Å². The Labute approximate surface area is 93.8 Å². The van der Waals surface area contributed by atoms with Crippen LogP contribution in [0, 0.1) is 6.92 Å². The van der Waals surface area contributed by atoms with Gasteiger partial charge in [0.05, 0.1) is 0 Å². The molecule has 0 aliphatic carbocycles. The minimum absolute atomic E-state index is 0.00687. The number of carbonyl (C=O) groups is 1. The van der Waals surface area contributed by atoms with E-state index in [4.69, 9.17) is 4.74 Å². The molecule has 0 fully saturated rings. The number of hydrogen-bond acceptors (Lipinski definition) is 3. The van der Waals surface area contributed by atoms with Crippen LogP contribution in [0.2, 0.25) is 0 Å². The normalized spacial score (nSPS) is 10.5. The number of carbonyl (C=O) groups excluding carboxylic acids is 1. The van der Waals surface area contributed by atoms with Crippen molar-refractivity contribution < 1.29 is 9.53 Å². The Kier molecular flexibility index (Phi) is 2.89. The first-order valence-electron chi connectivity index (χ1n) is 4.75. The fourth-order valence-corrected chi connectivity index (χ4v) is 3.63. The molecule has 2 aromatic heterocycles. The van der Waals surface area contributed by atoms with E-state index in [1.807, 2.05) is 26.0 Å². The molecule has 2 heterocycles. The molecule has 0 bridgehead atoms. The summed E-state index contributed by atoms with van der Waals surface area (Å²) >= 11 is 0.00687. The van der Waals surface area contributed by atoms with E-state index >= 15 is 0 Å². The summed E-state index contributed by atoms with van der Waals surface area (Å²) in [7, 11) is 0. The summed E-state index contributed by atoms with van der Waals surface area (Å²) in [5.41, 5.74) is 1.02. The molecule has 0 aliphatic heterocycles. The van der Waals surface area contributed by atoms with Gasteiger partial charge in [-0.05, 0) is 0 Å². The van der Waals surface area contributed by atoms with Gasteiger partial charge in [-0.25, -0.2) is 0 Å². The SMILES string of the molecule is CCOC(=O)c1[se]c2ncccc2c1C. The number of pyridine rings is 1. The molecule has 0 aromatic carbocycles. The molecule has 0 radical (unpaired) electrons. The van der Waals surface area contributed by atoms with Crippen LogP contribution in [0.1, 0.15) is 21.7 Å². The van der Waals surface area contributed by atoms with Crippen molar-refractivity contribution in [3.63, 3.8) is 0 Å². The van der Waals surface area contributed by atoms with Crippen molar-refractivity contribution in [2.24, 2.45) is 0 Å². The number of nitrogens with zero attached hydrogens (tertiary/aromatic N) is 1. The number of fused-ring (bicyclic) bond motifs is 1. The summed E-state index contributed by atoms with van der Waals surface area (Å²) < 4.78 is 6.86. The topological polar surface area (TPSA) is 39.2 Å². The number of hydrogen-bond donors (Lipinski definition) is 0. The van der Waals surface area contributed by atoms with Crippen molar-refractivity contribution in [2.45, 2.75) is 13.8 Å². The minimum atomic E-state index is -0.187. The van der Waals surface area contributed by atoms with E-state index in [0.29, 0.717) is 6.61 Å². The Morgan fingerprint density at radius 2 is 2.40 bits per heavy atom. The predicted octanol–water partition coefficient (Wildman–Crippen LogP) is 1.78. The van der Waals surface area contributed by atoms with Gasteiger partial charge >= 0.3 is 93.5 Å². The van der Waals surface area contributed by atoms with Gasteiger partial charge < -0.3 is 0 Å². The van der Waals surface area contributed by atoms with E-state index < -0.39 is 0 Å². The fourth-order valence-electron chi connectivity index (χ4n) is 1.44. The zero-order valence-electron chi connectivity index (χ0n) is 8.61. The number of aryl methyl sites for hydroxylation is 1. The monoisotopic (exact) mass is 269 g/mol. The second kappa shape index (κ2) is 4.17. The third-order valence-electron chi connectivity index (χ3n) is 2.18. The van der Waals surface area contributed by atoms with Crippen molar-refractivity contribution in [2.75, 3.05) is 6.61 Å². The molecule has 0 saturated carbocycles. The van der Waals surface area contributed by atoms with Crippen molar-refractivity contribution in [1.29, 1.82) is 0 Å². The average molecular weight is 268 g/mol. The Morgan fingerprint density at radius 1 is 1.60 bits per heavy atom. The molecule has 0 aliphatic rings. The molecule has 0 saturated heterocycles. The van der Waals surface area contributed by atoms with Gasteiger partial charge in [-0.3, -0.25) is 0 Å². The van der Waals surface area contributed by atoms with Crippen molar-refractivity contribution >= 4 is 30.2 Å². The Morgan fingerprint density at radius 3 is 3.07 bits per heavy atom. The molecule has 2 rings (SSSR count). The van der Waals surface area contributed by atoms with Crippen LogP contribution >= 0.6 is 0 Å². The summed E-state index contributed by atoms with van der Waals surface area (Å²) in [6.45, 7) is 4.21. The molecular formula is C11H11NO2Se. The van der Waals surface area contributed by atoms with Gasteiger partial charge in [0.15, 0.2) is 0 Å². The number of rotatable bonds is 2. The van der Waals surface area contributed by atoms with Crippen LogP contribution in [0.3, 0.4) is 0 Å². The molecule has 0 spiro atoms. The van der Waals surface area contributed by atoms with Gasteiger partial charge in [0.1, 0.15) is 0 Å². The van der Waals surface area contributed by atoms with Crippen LogP contribution in [0.25, 0.3) is 9.78 Å². The summed E-state index contributed by atoms with van der Waals surface area (Å²) in [5, 5.41) is 1.10. The van der Waals surface area contributed by atoms with Crippen molar-refractivity contribution in [3.05, 3.63) is 28.3 Å². The molecule has 0 N–H and O–H groups in total. The Bertz CT molecular complexity index is 504. The van der Waals surface area contributed by atoms with Crippen molar-refractivity contribution in [1.82, 2.24) is 4.98 Å². The van der Waals surface area contributed by atoms with Gasteiger partial charge in [0.25, 0.3) is 0 Å². The van der Waals surface area contributed by atoms with Gasteiger partial charge in [0, 0.05) is 0 Å². The zero-order chi connectivity index (χ0) is 10.8. The molecule has 0 atom stereocenters. The molecule has 0 unspecified atom stereocenters. The first-order valence-corrected chi connectivity index (χ1v) is 6.46. The molecule has 4 heteroatoms. The summed E-state index contributed by atoms with van der Waals surface area (Å²) in [6, 6.07) is 3.90. The maximum absolute atomic E-state index is 11.6. The first kappa shape index (κ1) is 10.4. The fraction of sp³-hybridized carbons (Fsp3) is 0.273. The third kappa shape index (κ3) is 1.83. The van der Waals surface area contributed by atoms with Crippen LogP contribution in [0.5, 0.6) is 0 Å². The molecule has 2 aromatic rings. The molecule has 15 heavy (non-hydrogen) atoms. The summed E-state index contributed by atoms with van der Waals surface area (Å²) in [4.78, 5) is 15.9. The van der Waals surface area contributed by atoms with Gasteiger partial charge in [-0.15, -0.1) is 0 Å². The standard InChI is InChI=1S/C11H11NO2Se/c1-3-14-11(13)9-7(2)8-5-4-6-12-10(8)15-9/h4-6H,3H2,1-2H3. The van der Waals surface area contributed by atoms with E-state index in [0.717, 1.165) is 19.8 Å². The van der Waals surface area contributed by atoms with E-state index in [-0.39, 0.29) is 20.5 Å². The van der Waals surface area contributed by atoms with E-state index in [9.17, 15) is 4.79 Å². The summed E-state index contributed by atoms with van der Waals surface area (Å²) in [5.74, 6) is -0.187. The van der Waals surface area contributed by atoms with Gasteiger partial charge in [0.2, 0.25) is 0 Å². The van der Waals surface area contributed by atoms with Crippen LogP contribution in [0.4, 0.5) is 0 Å². The number of esters is 1. The van der Waals surface area contributed by atoms with Crippen LogP contribution in [-0.2, 0) is 4.74 Å². The van der Waals surface area contributed by atoms with Gasteiger partial charge in [-0.2, -0.15) is 0 Å². The van der Waals surface area contributed by atoms with E-state index in [2.05, 4.69) is 4.98 Å². The van der Waals surface area contributed by atoms with Crippen molar-refractivity contribution in [3.8, 4) is 0 Å². The Hall–Kier alpha value is -1.12. The zero-order valence-corrected chi connectivity index (χ0v) is 10.3. The van der Waals surface area contributed by atoms with E-state index in [1.165, 1.54) is 0 Å². The first-order chi connectivity index (χ1) is 7.24. The van der Waals surface area contributed by atoms with Crippen LogP contribution in [-0.4, -0.2) is 32.1 Å². The third-order valence-corrected chi connectivity index (χ3v) is 4.68. The van der Waals surface area contributed by atoms with Gasteiger partial charge in [-0.1, -0.05) is 0 Å². The second-order valence-corrected chi connectivity index (χ2v) is 5.23. The second-order valence-electron chi connectivity index (χ2n) is 3.13. The quantitative estimate of drug-likeness (QED) is 0.615. The summed E-state index contributed by atoms with van der Waals surface area (Å²) in [6.07, 6.45) is 1.77. The molecular weight excluding hydrogens is 257 g/mol. The molecule has 78 valence electrons. The predicted molar refractivity (Wildman–Crippen MR) is 59.4 cm³/mol. The van der Waals surface area contributed by atoms with Crippen LogP contribution in [0.15, 0.2) is 18.3 Å². The maximum atomic E-state index is 11.6. The van der Waals surface area contributed by atoms with Crippen LogP contribution < -0.4 is 0 Å². The molecule has 3 nitrogen and oxygen atoms in total. The number of ether oxygens (including phenoxy) is 1. The number of aromatic nitrogens is 1. The molecule has 0 amide bonds. The average Bonchev–Trinajstić information content (AvgIpc) is 2.57.